The van der Waals surface area contributed by atoms with E-state index in [9.17, 15) is 13.5 Å². The van der Waals surface area contributed by atoms with Crippen molar-refractivity contribution in [2.75, 3.05) is 19.8 Å². The summed E-state index contributed by atoms with van der Waals surface area (Å²) in [5.74, 6) is 0.345. The summed E-state index contributed by atoms with van der Waals surface area (Å²) in [6.45, 7) is 0. The molecule has 2 aliphatic carbocycles. The number of halogens is 3. The highest BCUT2D eigenvalue weighted by Crippen LogP contribution is 2.47. The van der Waals surface area contributed by atoms with Crippen LogP contribution in [0.1, 0.15) is 69.8 Å². The van der Waals surface area contributed by atoms with E-state index in [2.05, 4.69) is 0 Å². The smallest absolute Gasteiger partial charge is 0.244 e. The molecular formula is C23H34BrCl2N3O3S2. The third-order valence-electron chi connectivity index (χ3n) is 7.03. The molecule has 1 atom stereocenters. The summed E-state index contributed by atoms with van der Waals surface area (Å²) in [5.41, 5.74) is -1.07. The molecule has 1 unspecified atom stereocenters. The Labute approximate surface area is 228 Å². The molecule has 0 amide bonds. The van der Waals surface area contributed by atoms with Crippen molar-refractivity contribution >= 4 is 67.1 Å². The number of nitrogens with zero attached hydrogens (tertiary/aromatic N) is 3. The molecule has 3 fully saturated rings. The van der Waals surface area contributed by atoms with E-state index in [4.69, 9.17) is 28.2 Å². The highest BCUT2D eigenvalue weighted by molar-refractivity contribution is 8.93. The van der Waals surface area contributed by atoms with Gasteiger partial charge in [0, 0.05) is 25.7 Å². The molecule has 1 aromatic carbocycles. The zero-order valence-electron chi connectivity index (χ0n) is 19.7. The van der Waals surface area contributed by atoms with Gasteiger partial charge in [-0.25, -0.2) is 12.7 Å². The number of rotatable bonds is 5. The summed E-state index contributed by atoms with van der Waals surface area (Å²) in [4.78, 5) is 7.11. The monoisotopic (exact) mass is 613 g/mol. The summed E-state index contributed by atoms with van der Waals surface area (Å²) < 4.78 is 27.0. The minimum atomic E-state index is -3.81. The van der Waals surface area contributed by atoms with Crippen molar-refractivity contribution in [2.24, 2.45) is 4.99 Å². The Balaban J connectivity index is 0.00000324. The minimum Gasteiger partial charge on any atom is -0.366 e. The number of aliphatic hydroxyl groups is 1. The van der Waals surface area contributed by atoms with Crippen LogP contribution in [0.2, 0.25) is 10.0 Å². The fourth-order valence-corrected chi connectivity index (χ4v) is 8.24. The summed E-state index contributed by atoms with van der Waals surface area (Å²) >= 11 is 14.5. The summed E-state index contributed by atoms with van der Waals surface area (Å²) in [6, 6.07) is 3.31. The van der Waals surface area contributed by atoms with Crippen molar-refractivity contribution in [3.63, 3.8) is 0 Å². The van der Waals surface area contributed by atoms with E-state index in [1.807, 2.05) is 4.90 Å². The van der Waals surface area contributed by atoms with Gasteiger partial charge in [0.1, 0.15) is 4.90 Å². The molecule has 4 rings (SSSR count). The van der Waals surface area contributed by atoms with E-state index >= 15 is 0 Å². The van der Waals surface area contributed by atoms with Gasteiger partial charge in [-0.05, 0) is 37.8 Å². The SMILES string of the molecule is Br.CN(C)S(=O)(=O)c1cc(C2(O)CSC(=NC3CCCCC3)N2C2CCCCC2)c(Cl)cc1Cl. The first-order valence-corrected chi connectivity index (χ1v) is 15.0. The van der Waals surface area contributed by atoms with Gasteiger partial charge >= 0.3 is 0 Å². The third-order valence-corrected chi connectivity index (χ3v) is 10.7. The highest BCUT2D eigenvalue weighted by Gasteiger charge is 2.50. The van der Waals surface area contributed by atoms with E-state index in [1.165, 1.54) is 51.9 Å². The molecule has 1 aliphatic heterocycles. The van der Waals surface area contributed by atoms with Crippen molar-refractivity contribution < 1.29 is 13.5 Å². The van der Waals surface area contributed by atoms with Crippen LogP contribution in [-0.2, 0) is 15.7 Å². The molecule has 6 nitrogen and oxygen atoms in total. The Morgan fingerprint density at radius 1 is 1.03 bits per heavy atom. The molecule has 0 bridgehead atoms. The summed E-state index contributed by atoms with van der Waals surface area (Å²) in [5, 5.41) is 13.3. The lowest BCUT2D eigenvalue weighted by atomic mass is 9.91. The molecule has 1 saturated heterocycles. The Bertz CT molecular complexity index is 1010. The highest BCUT2D eigenvalue weighted by atomic mass is 79.9. The van der Waals surface area contributed by atoms with Gasteiger partial charge in [-0.2, -0.15) is 0 Å². The second-order valence-electron chi connectivity index (χ2n) is 9.52. The molecule has 0 spiro atoms. The van der Waals surface area contributed by atoms with Crippen LogP contribution >= 0.6 is 51.9 Å². The Hall–Kier alpha value is -0.0300. The van der Waals surface area contributed by atoms with Gasteiger partial charge in [0.2, 0.25) is 10.0 Å². The van der Waals surface area contributed by atoms with Crippen molar-refractivity contribution in [1.29, 1.82) is 0 Å². The van der Waals surface area contributed by atoms with E-state index in [1.54, 1.807) is 11.8 Å². The maximum absolute atomic E-state index is 12.9. The molecule has 192 valence electrons. The first-order chi connectivity index (χ1) is 15.6. The van der Waals surface area contributed by atoms with Gasteiger partial charge in [0.15, 0.2) is 10.9 Å². The fraction of sp³-hybridized carbons (Fsp3) is 0.696. The molecule has 1 N–H and O–H groups in total. The Morgan fingerprint density at radius 3 is 2.21 bits per heavy atom. The predicted octanol–water partition coefficient (Wildman–Crippen LogP) is 6.04. The molecular weight excluding hydrogens is 581 g/mol. The molecule has 11 heteroatoms. The zero-order chi connectivity index (χ0) is 23.8. The molecule has 0 aromatic heterocycles. The lowest BCUT2D eigenvalue weighted by Gasteiger charge is -2.42. The average Bonchev–Trinajstić information content (AvgIpc) is 3.11. The van der Waals surface area contributed by atoms with Crippen LogP contribution in [0.15, 0.2) is 22.0 Å². The van der Waals surface area contributed by atoms with Crippen LogP contribution < -0.4 is 0 Å². The normalized spacial score (nSPS) is 26.3. The Kier molecular flexibility index (Phi) is 9.71. The van der Waals surface area contributed by atoms with Crippen molar-refractivity contribution in [1.82, 2.24) is 9.21 Å². The quantitative estimate of drug-likeness (QED) is 0.438. The standard InChI is InChI=1S/C23H33Cl2N3O3S2.BrH/c1-27(2)33(30,31)21-13-18(19(24)14-20(21)25)23(29)15-32-22(26-16-9-5-3-6-10-16)28(23)17-11-7-4-8-12-17;/h13-14,16-17,29H,3-12,15H2,1-2H3;1H. The van der Waals surface area contributed by atoms with Gasteiger partial charge in [0.05, 0.1) is 21.8 Å². The van der Waals surface area contributed by atoms with Crippen LogP contribution in [-0.4, -0.2) is 59.8 Å². The number of aliphatic imine (C=N–C) groups is 1. The maximum atomic E-state index is 12.9. The van der Waals surface area contributed by atoms with Crippen molar-refractivity contribution in [3.8, 4) is 0 Å². The van der Waals surface area contributed by atoms with E-state index in [0.717, 1.165) is 48.0 Å². The second-order valence-corrected chi connectivity index (χ2v) is 13.4. The second kappa shape index (κ2) is 11.6. The lowest BCUT2D eigenvalue weighted by molar-refractivity contribution is -0.0736. The van der Waals surface area contributed by atoms with E-state index in [-0.39, 0.29) is 44.0 Å². The lowest BCUT2D eigenvalue weighted by Crippen LogP contribution is -2.51. The average molecular weight is 615 g/mol. The number of benzene rings is 1. The molecule has 2 saturated carbocycles. The summed E-state index contributed by atoms with van der Waals surface area (Å²) in [7, 11) is -0.882. The van der Waals surface area contributed by atoms with E-state index < -0.39 is 15.7 Å². The van der Waals surface area contributed by atoms with Crippen LogP contribution in [0.5, 0.6) is 0 Å². The first-order valence-electron chi connectivity index (χ1n) is 11.8. The zero-order valence-corrected chi connectivity index (χ0v) is 24.5. The number of hydrogen-bond donors (Lipinski definition) is 1. The maximum Gasteiger partial charge on any atom is 0.244 e. The minimum absolute atomic E-state index is 0. The molecule has 0 radical (unpaired) electrons. The molecule has 34 heavy (non-hydrogen) atoms. The van der Waals surface area contributed by atoms with Crippen LogP contribution in [0.25, 0.3) is 0 Å². The first kappa shape index (κ1) is 28.5. The Morgan fingerprint density at radius 2 is 1.62 bits per heavy atom. The number of amidine groups is 1. The van der Waals surface area contributed by atoms with Crippen LogP contribution in [0.3, 0.4) is 0 Å². The van der Waals surface area contributed by atoms with Gasteiger partial charge in [-0.1, -0.05) is 73.5 Å². The van der Waals surface area contributed by atoms with Gasteiger partial charge in [0.25, 0.3) is 0 Å². The van der Waals surface area contributed by atoms with Gasteiger partial charge < -0.3 is 10.0 Å². The molecule has 3 aliphatic rings. The van der Waals surface area contributed by atoms with Gasteiger partial charge in [-0.3, -0.25) is 4.99 Å². The van der Waals surface area contributed by atoms with E-state index in [0.29, 0.717) is 11.3 Å². The van der Waals surface area contributed by atoms with Crippen molar-refractivity contribution in [2.45, 2.75) is 86.9 Å². The van der Waals surface area contributed by atoms with Crippen LogP contribution in [0.4, 0.5) is 0 Å². The predicted molar refractivity (Wildman–Crippen MR) is 147 cm³/mol. The largest absolute Gasteiger partial charge is 0.366 e. The van der Waals surface area contributed by atoms with Gasteiger partial charge in [-0.15, -0.1) is 17.0 Å². The molecule has 1 heterocycles. The third kappa shape index (κ3) is 5.60. The number of sulfonamides is 1. The number of thioether (sulfide) groups is 1. The van der Waals surface area contributed by atoms with Crippen molar-refractivity contribution in [3.05, 3.63) is 27.7 Å². The topological polar surface area (TPSA) is 73.2 Å². The number of hydrogen-bond acceptors (Lipinski definition) is 5. The van der Waals surface area contributed by atoms with Crippen LogP contribution in [0, 0.1) is 0 Å². The fourth-order valence-electron chi connectivity index (χ4n) is 5.16. The molecule has 1 aromatic rings. The summed E-state index contributed by atoms with van der Waals surface area (Å²) in [6.07, 6.45) is 11.1.